The first kappa shape index (κ1) is 12.4. The van der Waals surface area contributed by atoms with Gasteiger partial charge in [0.1, 0.15) is 0 Å². The molecule has 6 heteroatoms. The van der Waals surface area contributed by atoms with Gasteiger partial charge in [0.2, 0.25) is 0 Å². The average Bonchev–Trinajstić information content (AvgIpc) is 2.57. The smallest absolute Gasteiger partial charge is 0.333 e. The topological polar surface area (TPSA) is 44.1 Å². The summed E-state index contributed by atoms with van der Waals surface area (Å²) in [5.41, 5.74) is 0.629. The number of carbonyl (C=O) groups is 1. The van der Waals surface area contributed by atoms with Crippen molar-refractivity contribution in [3.05, 3.63) is 23.5 Å². The average molecular weight is 230 g/mol. The SMILES string of the molecule is CCOC(=O)/C=C/c1cc(C)n(C(F)F)n1. The highest BCUT2D eigenvalue weighted by atomic mass is 19.3. The standard InChI is InChI=1S/C10H12F2N2O2/c1-3-16-9(15)5-4-8-6-7(2)14(13-8)10(11)12/h4-6,10H,3H2,1-2H3/b5-4+. The van der Waals surface area contributed by atoms with Gasteiger partial charge in [-0.15, -0.1) is 0 Å². The van der Waals surface area contributed by atoms with E-state index in [1.807, 2.05) is 0 Å². The van der Waals surface area contributed by atoms with Crippen molar-refractivity contribution < 1.29 is 18.3 Å². The molecule has 88 valence electrons. The number of halogens is 2. The largest absolute Gasteiger partial charge is 0.463 e. The quantitative estimate of drug-likeness (QED) is 0.588. The second kappa shape index (κ2) is 5.39. The van der Waals surface area contributed by atoms with Gasteiger partial charge < -0.3 is 4.74 Å². The zero-order chi connectivity index (χ0) is 12.1. The molecule has 0 atom stereocenters. The minimum absolute atomic E-state index is 0.272. The van der Waals surface area contributed by atoms with Crippen LogP contribution in [0.3, 0.4) is 0 Å². The molecule has 4 nitrogen and oxygen atoms in total. The van der Waals surface area contributed by atoms with Crippen LogP contribution in [0.15, 0.2) is 12.1 Å². The third-order valence-corrected chi connectivity index (χ3v) is 1.80. The number of aromatic nitrogens is 2. The number of ether oxygens (including phenoxy) is 1. The lowest BCUT2D eigenvalue weighted by atomic mass is 10.3. The molecule has 0 bridgehead atoms. The molecule has 0 saturated carbocycles. The van der Waals surface area contributed by atoms with E-state index in [2.05, 4.69) is 9.84 Å². The molecule has 0 aliphatic rings. The minimum atomic E-state index is -2.68. The molecule has 0 radical (unpaired) electrons. The summed E-state index contributed by atoms with van der Waals surface area (Å²) in [6, 6.07) is 1.46. The molecule has 0 spiro atoms. The highest BCUT2D eigenvalue weighted by Gasteiger charge is 2.10. The third-order valence-electron chi connectivity index (χ3n) is 1.80. The highest BCUT2D eigenvalue weighted by Crippen LogP contribution is 2.14. The van der Waals surface area contributed by atoms with Crippen LogP contribution in [0.1, 0.15) is 24.9 Å². The molecule has 1 aromatic rings. The number of aryl methyl sites for hydroxylation is 1. The summed E-state index contributed by atoms with van der Waals surface area (Å²) >= 11 is 0. The number of carbonyl (C=O) groups excluding carboxylic acids is 1. The number of alkyl halides is 2. The lowest BCUT2D eigenvalue weighted by Gasteiger charge is -1.99. The maximum Gasteiger partial charge on any atom is 0.333 e. The first-order valence-corrected chi connectivity index (χ1v) is 4.73. The van der Waals surface area contributed by atoms with Crippen molar-refractivity contribution in [1.82, 2.24) is 9.78 Å². The Kier molecular flexibility index (Phi) is 4.16. The van der Waals surface area contributed by atoms with Crippen LogP contribution in [-0.2, 0) is 9.53 Å². The normalized spacial score (nSPS) is 11.3. The highest BCUT2D eigenvalue weighted by molar-refractivity contribution is 5.86. The van der Waals surface area contributed by atoms with Crippen molar-refractivity contribution in [3.8, 4) is 0 Å². The number of hydrogen-bond acceptors (Lipinski definition) is 3. The van der Waals surface area contributed by atoms with Crippen molar-refractivity contribution in [2.45, 2.75) is 20.4 Å². The zero-order valence-corrected chi connectivity index (χ0v) is 8.98. The summed E-state index contributed by atoms with van der Waals surface area (Å²) in [5, 5.41) is 3.61. The Hall–Kier alpha value is -1.72. The Labute approximate surface area is 91.5 Å². The van der Waals surface area contributed by atoms with Gasteiger partial charge in [-0.2, -0.15) is 13.9 Å². The number of nitrogens with zero attached hydrogens (tertiary/aromatic N) is 2. The van der Waals surface area contributed by atoms with E-state index in [0.29, 0.717) is 16.1 Å². The molecule has 0 unspecified atom stereocenters. The van der Waals surface area contributed by atoms with E-state index in [0.717, 1.165) is 6.08 Å². The molecule has 0 aliphatic heterocycles. The van der Waals surface area contributed by atoms with Crippen LogP contribution in [0.5, 0.6) is 0 Å². The van der Waals surface area contributed by atoms with Gasteiger partial charge in [-0.05, 0) is 26.0 Å². The van der Waals surface area contributed by atoms with Crippen molar-refractivity contribution in [2.75, 3.05) is 6.61 Å². The van der Waals surface area contributed by atoms with Crippen LogP contribution in [0.4, 0.5) is 8.78 Å². The molecule has 0 aromatic carbocycles. The van der Waals surface area contributed by atoms with E-state index in [-0.39, 0.29) is 6.61 Å². The fraction of sp³-hybridized carbons (Fsp3) is 0.400. The van der Waals surface area contributed by atoms with Crippen LogP contribution in [0, 0.1) is 6.92 Å². The Balaban J connectivity index is 2.75. The lowest BCUT2D eigenvalue weighted by Crippen LogP contribution is -2.02. The Morgan fingerprint density at radius 2 is 2.38 bits per heavy atom. The molecule has 0 amide bonds. The van der Waals surface area contributed by atoms with Gasteiger partial charge in [-0.25, -0.2) is 9.48 Å². The Morgan fingerprint density at radius 1 is 1.69 bits per heavy atom. The van der Waals surface area contributed by atoms with E-state index >= 15 is 0 Å². The summed E-state index contributed by atoms with van der Waals surface area (Å²) < 4.78 is 29.9. The second-order valence-electron chi connectivity index (χ2n) is 3.02. The first-order valence-electron chi connectivity index (χ1n) is 4.73. The monoisotopic (exact) mass is 230 g/mol. The number of esters is 1. The predicted molar refractivity (Wildman–Crippen MR) is 53.9 cm³/mol. The molecule has 0 saturated heterocycles. The van der Waals surface area contributed by atoms with Gasteiger partial charge in [0.05, 0.1) is 12.3 Å². The summed E-state index contributed by atoms with van der Waals surface area (Å²) in [6.45, 7) is 0.792. The Bertz CT molecular complexity index is 400. The van der Waals surface area contributed by atoms with Crippen LogP contribution < -0.4 is 0 Å². The van der Waals surface area contributed by atoms with Gasteiger partial charge >= 0.3 is 12.5 Å². The van der Waals surface area contributed by atoms with Gasteiger partial charge in [0.25, 0.3) is 0 Å². The van der Waals surface area contributed by atoms with E-state index < -0.39 is 12.5 Å². The zero-order valence-electron chi connectivity index (χ0n) is 8.98. The lowest BCUT2D eigenvalue weighted by molar-refractivity contribution is -0.137. The summed E-state index contributed by atoms with van der Waals surface area (Å²) in [5.74, 6) is -0.522. The summed E-state index contributed by atoms with van der Waals surface area (Å²) in [6.07, 6.45) is 2.49. The Morgan fingerprint density at radius 3 is 2.88 bits per heavy atom. The molecule has 0 fully saturated rings. The maximum atomic E-state index is 12.3. The molecule has 1 heterocycles. The molecule has 0 N–H and O–H groups in total. The van der Waals surface area contributed by atoms with E-state index in [9.17, 15) is 13.6 Å². The number of hydrogen-bond donors (Lipinski definition) is 0. The van der Waals surface area contributed by atoms with Crippen molar-refractivity contribution in [1.29, 1.82) is 0 Å². The summed E-state index contributed by atoms with van der Waals surface area (Å²) in [7, 11) is 0. The molecule has 16 heavy (non-hydrogen) atoms. The fourth-order valence-corrected chi connectivity index (χ4v) is 1.14. The van der Waals surface area contributed by atoms with Crippen LogP contribution >= 0.6 is 0 Å². The fourth-order valence-electron chi connectivity index (χ4n) is 1.14. The van der Waals surface area contributed by atoms with E-state index in [1.165, 1.54) is 19.1 Å². The van der Waals surface area contributed by atoms with E-state index in [1.54, 1.807) is 6.92 Å². The minimum Gasteiger partial charge on any atom is -0.463 e. The second-order valence-corrected chi connectivity index (χ2v) is 3.02. The van der Waals surface area contributed by atoms with Gasteiger partial charge in [0, 0.05) is 11.8 Å². The molecule has 1 rings (SSSR count). The van der Waals surface area contributed by atoms with Gasteiger partial charge in [0.15, 0.2) is 0 Å². The molecular formula is C10H12F2N2O2. The predicted octanol–water partition coefficient (Wildman–Crippen LogP) is 2.16. The van der Waals surface area contributed by atoms with E-state index in [4.69, 9.17) is 0 Å². The van der Waals surface area contributed by atoms with Crippen molar-refractivity contribution >= 4 is 12.0 Å². The van der Waals surface area contributed by atoms with Gasteiger partial charge in [-0.1, -0.05) is 0 Å². The third kappa shape index (κ3) is 3.15. The van der Waals surface area contributed by atoms with Crippen LogP contribution in [0.25, 0.3) is 6.08 Å². The van der Waals surface area contributed by atoms with Crippen molar-refractivity contribution in [2.24, 2.45) is 0 Å². The molecule has 1 aromatic heterocycles. The first-order chi connectivity index (χ1) is 7.54. The molecule has 0 aliphatic carbocycles. The maximum absolute atomic E-state index is 12.3. The molecular weight excluding hydrogens is 218 g/mol. The van der Waals surface area contributed by atoms with Crippen molar-refractivity contribution in [3.63, 3.8) is 0 Å². The van der Waals surface area contributed by atoms with Crippen LogP contribution in [-0.4, -0.2) is 22.4 Å². The number of rotatable bonds is 4. The van der Waals surface area contributed by atoms with Gasteiger partial charge in [-0.3, -0.25) is 0 Å². The summed E-state index contributed by atoms with van der Waals surface area (Å²) in [4.78, 5) is 11.0. The van der Waals surface area contributed by atoms with Crippen LogP contribution in [0.2, 0.25) is 0 Å².